The predicted molar refractivity (Wildman–Crippen MR) is 41.3 cm³/mol. The maximum atomic E-state index is 8.61. The zero-order valence-electron chi connectivity index (χ0n) is 6.65. The molecule has 0 amide bonds. The molecule has 1 aliphatic carbocycles. The highest BCUT2D eigenvalue weighted by molar-refractivity contribution is 5.28. The standard InChI is InChI=1S/C9H13N/c1-7-4-3-5-9(7)8(2)6-10/h7H,3-5H2,1-2H3/b9-8+. The fraction of sp³-hybridized carbons (Fsp3) is 0.667. The van der Waals surface area contributed by atoms with Gasteiger partial charge in [0.15, 0.2) is 0 Å². The smallest absolute Gasteiger partial charge is 0.0943 e. The zero-order chi connectivity index (χ0) is 7.56. The lowest BCUT2D eigenvalue weighted by Gasteiger charge is -2.03. The number of allylic oxidation sites excluding steroid dienone is 2. The maximum absolute atomic E-state index is 8.61. The molecule has 1 saturated carbocycles. The Hall–Kier alpha value is -0.770. The van der Waals surface area contributed by atoms with Gasteiger partial charge in [-0.2, -0.15) is 5.26 Å². The lowest BCUT2D eigenvalue weighted by Crippen LogP contribution is -1.91. The van der Waals surface area contributed by atoms with E-state index in [1.807, 2.05) is 6.92 Å². The van der Waals surface area contributed by atoms with E-state index in [1.54, 1.807) is 0 Å². The SMILES string of the molecule is C/C(C#N)=C1/CCCC1C. The Morgan fingerprint density at radius 2 is 2.40 bits per heavy atom. The van der Waals surface area contributed by atoms with Crippen LogP contribution in [0.2, 0.25) is 0 Å². The van der Waals surface area contributed by atoms with E-state index in [0.29, 0.717) is 5.92 Å². The van der Waals surface area contributed by atoms with Crippen LogP contribution in [-0.2, 0) is 0 Å². The normalized spacial score (nSPS) is 29.9. The Labute approximate surface area is 62.4 Å². The average molecular weight is 135 g/mol. The van der Waals surface area contributed by atoms with Gasteiger partial charge in [-0.05, 0) is 32.1 Å². The summed E-state index contributed by atoms with van der Waals surface area (Å²) < 4.78 is 0. The second kappa shape index (κ2) is 2.88. The second-order valence-corrected chi connectivity index (χ2v) is 3.06. The van der Waals surface area contributed by atoms with Crippen LogP contribution in [0.3, 0.4) is 0 Å². The van der Waals surface area contributed by atoms with Crippen LogP contribution in [0.4, 0.5) is 0 Å². The molecule has 1 fully saturated rings. The van der Waals surface area contributed by atoms with Gasteiger partial charge in [0, 0.05) is 5.57 Å². The topological polar surface area (TPSA) is 23.8 Å². The molecule has 1 heteroatoms. The maximum Gasteiger partial charge on any atom is 0.0943 e. The summed E-state index contributed by atoms with van der Waals surface area (Å²) in [6.07, 6.45) is 3.70. The minimum absolute atomic E-state index is 0.666. The van der Waals surface area contributed by atoms with Crippen molar-refractivity contribution in [1.82, 2.24) is 0 Å². The lowest BCUT2D eigenvalue weighted by atomic mass is 10.0. The van der Waals surface area contributed by atoms with Gasteiger partial charge in [-0.15, -0.1) is 0 Å². The number of nitriles is 1. The molecule has 1 nitrogen and oxygen atoms in total. The van der Waals surface area contributed by atoms with Gasteiger partial charge in [0.2, 0.25) is 0 Å². The van der Waals surface area contributed by atoms with E-state index in [4.69, 9.17) is 5.26 Å². The molecular formula is C9H13N. The van der Waals surface area contributed by atoms with Crippen LogP contribution in [0.25, 0.3) is 0 Å². The fourth-order valence-corrected chi connectivity index (χ4v) is 1.65. The summed E-state index contributed by atoms with van der Waals surface area (Å²) in [7, 11) is 0. The summed E-state index contributed by atoms with van der Waals surface area (Å²) in [5.74, 6) is 0.666. The van der Waals surface area contributed by atoms with Gasteiger partial charge in [-0.3, -0.25) is 0 Å². The van der Waals surface area contributed by atoms with Crippen LogP contribution >= 0.6 is 0 Å². The Balaban J connectivity index is 2.82. The van der Waals surface area contributed by atoms with Crippen LogP contribution in [0, 0.1) is 17.2 Å². The van der Waals surface area contributed by atoms with Crippen LogP contribution in [-0.4, -0.2) is 0 Å². The van der Waals surface area contributed by atoms with Crippen molar-refractivity contribution in [2.45, 2.75) is 33.1 Å². The molecule has 1 rings (SSSR count). The van der Waals surface area contributed by atoms with Crippen LogP contribution in [0.15, 0.2) is 11.1 Å². The van der Waals surface area contributed by atoms with Crippen molar-refractivity contribution in [2.24, 2.45) is 5.92 Å². The summed E-state index contributed by atoms with van der Waals surface area (Å²) in [5.41, 5.74) is 2.34. The van der Waals surface area contributed by atoms with Gasteiger partial charge in [-0.25, -0.2) is 0 Å². The van der Waals surface area contributed by atoms with Crippen LogP contribution < -0.4 is 0 Å². The van der Waals surface area contributed by atoms with Gasteiger partial charge < -0.3 is 0 Å². The fourth-order valence-electron chi connectivity index (χ4n) is 1.65. The van der Waals surface area contributed by atoms with Crippen molar-refractivity contribution in [3.8, 4) is 6.07 Å². The summed E-state index contributed by atoms with van der Waals surface area (Å²) in [4.78, 5) is 0. The Morgan fingerprint density at radius 3 is 2.80 bits per heavy atom. The largest absolute Gasteiger partial charge is 0.193 e. The molecule has 1 aliphatic rings. The summed E-state index contributed by atoms with van der Waals surface area (Å²) >= 11 is 0. The molecule has 1 unspecified atom stereocenters. The van der Waals surface area contributed by atoms with E-state index in [-0.39, 0.29) is 0 Å². The van der Waals surface area contributed by atoms with Gasteiger partial charge in [0.05, 0.1) is 6.07 Å². The quantitative estimate of drug-likeness (QED) is 0.468. The number of hydrogen-bond donors (Lipinski definition) is 0. The van der Waals surface area contributed by atoms with Crippen molar-refractivity contribution in [3.63, 3.8) is 0 Å². The number of rotatable bonds is 0. The number of nitrogens with zero attached hydrogens (tertiary/aromatic N) is 1. The highest BCUT2D eigenvalue weighted by Crippen LogP contribution is 2.32. The molecule has 0 bridgehead atoms. The van der Waals surface area contributed by atoms with E-state index in [2.05, 4.69) is 13.0 Å². The van der Waals surface area contributed by atoms with Crippen molar-refractivity contribution in [1.29, 1.82) is 5.26 Å². The zero-order valence-corrected chi connectivity index (χ0v) is 6.65. The minimum Gasteiger partial charge on any atom is -0.193 e. The predicted octanol–water partition coefficient (Wildman–Crippen LogP) is 2.65. The van der Waals surface area contributed by atoms with Crippen molar-refractivity contribution in [2.75, 3.05) is 0 Å². The van der Waals surface area contributed by atoms with Gasteiger partial charge in [-0.1, -0.05) is 12.5 Å². The van der Waals surface area contributed by atoms with Crippen molar-refractivity contribution in [3.05, 3.63) is 11.1 Å². The molecule has 54 valence electrons. The molecular weight excluding hydrogens is 122 g/mol. The summed E-state index contributed by atoms with van der Waals surface area (Å²) in [6.45, 7) is 4.14. The van der Waals surface area contributed by atoms with E-state index in [0.717, 1.165) is 12.0 Å². The highest BCUT2D eigenvalue weighted by atomic mass is 14.3. The van der Waals surface area contributed by atoms with Crippen LogP contribution in [0.5, 0.6) is 0 Å². The molecule has 10 heavy (non-hydrogen) atoms. The van der Waals surface area contributed by atoms with Gasteiger partial charge >= 0.3 is 0 Å². The van der Waals surface area contributed by atoms with E-state index in [1.165, 1.54) is 18.4 Å². The molecule has 0 aromatic carbocycles. The summed E-state index contributed by atoms with van der Waals surface area (Å²) in [5, 5.41) is 8.61. The Morgan fingerprint density at radius 1 is 1.70 bits per heavy atom. The molecule has 0 N–H and O–H groups in total. The molecule has 0 radical (unpaired) electrons. The third kappa shape index (κ3) is 1.21. The van der Waals surface area contributed by atoms with Crippen molar-refractivity contribution < 1.29 is 0 Å². The summed E-state index contributed by atoms with van der Waals surface area (Å²) in [6, 6.07) is 2.22. The van der Waals surface area contributed by atoms with Gasteiger partial charge in [0.25, 0.3) is 0 Å². The molecule has 0 spiro atoms. The first-order chi connectivity index (χ1) is 4.75. The van der Waals surface area contributed by atoms with Gasteiger partial charge in [0.1, 0.15) is 0 Å². The Bertz CT molecular complexity index is 195. The first kappa shape index (κ1) is 7.34. The molecule has 0 aliphatic heterocycles. The third-order valence-electron chi connectivity index (χ3n) is 2.33. The van der Waals surface area contributed by atoms with E-state index in [9.17, 15) is 0 Å². The highest BCUT2D eigenvalue weighted by Gasteiger charge is 2.17. The monoisotopic (exact) mass is 135 g/mol. The third-order valence-corrected chi connectivity index (χ3v) is 2.33. The first-order valence-corrected chi connectivity index (χ1v) is 3.85. The average Bonchev–Trinajstić information content (AvgIpc) is 2.34. The minimum atomic E-state index is 0.666. The van der Waals surface area contributed by atoms with E-state index < -0.39 is 0 Å². The van der Waals surface area contributed by atoms with Crippen molar-refractivity contribution >= 4 is 0 Å². The molecule has 1 atom stereocenters. The first-order valence-electron chi connectivity index (χ1n) is 3.85. The second-order valence-electron chi connectivity index (χ2n) is 3.06. The molecule has 0 heterocycles. The Kier molecular flexibility index (Phi) is 2.11. The van der Waals surface area contributed by atoms with E-state index >= 15 is 0 Å². The molecule has 0 aromatic heterocycles. The van der Waals surface area contributed by atoms with Crippen LogP contribution in [0.1, 0.15) is 33.1 Å². The lowest BCUT2D eigenvalue weighted by molar-refractivity contribution is 0.693. The molecule has 0 aromatic rings. The number of hydrogen-bond acceptors (Lipinski definition) is 1. The molecule has 0 saturated heterocycles.